The van der Waals surface area contributed by atoms with Crippen molar-refractivity contribution >= 4 is 5.91 Å². The van der Waals surface area contributed by atoms with Crippen LogP contribution in [0.5, 0.6) is 0 Å². The van der Waals surface area contributed by atoms with E-state index in [4.69, 9.17) is 5.73 Å². The third-order valence-electron chi connectivity index (χ3n) is 3.88. The van der Waals surface area contributed by atoms with Gasteiger partial charge >= 0.3 is 0 Å². The lowest BCUT2D eigenvalue weighted by Gasteiger charge is -2.19. The molecule has 0 spiro atoms. The molecule has 0 aromatic carbocycles. The van der Waals surface area contributed by atoms with Crippen molar-refractivity contribution in [2.75, 3.05) is 6.54 Å². The SMILES string of the molecule is Cc1ccc(C(=O)NC2CCCC2CN)n1C. The van der Waals surface area contributed by atoms with E-state index in [-0.39, 0.29) is 11.9 Å². The third-order valence-corrected chi connectivity index (χ3v) is 3.88. The summed E-state index contributed by atoms with van der Waals surface area (Å²) in [7, 11) is 1.92. The van der Waals surface area contributed by atoms with E-state index in [1.807, 2.05) is 30.7 Å². The Morgan fingerprint density at radius 3 is 2.88 bits per heavy atom. The lowest BCUT2D eigenvalue weighted by molar-refractivity contribution is 0.0920. The normalized spacial score (nSPS) is 23.9. The molecule has 1 amide bonds. The van der Waals surface area contributed by atoms with Gasteiger partial charge in [-0.3, -0.25) is 4.79 Å². The number of amides is 1. The number of nitrogens with two attached hydrogens (primary N) is 1. The number of carbonyl (C=O) groups excluding carboxylic acids is 1. The van der Waals surface area contributed by atoms with Crippen LogP contribution in [0, 0.1) is 12.8 Å². The molecule has 1 aliphatic rings. The summed E-state index contributed by atoms with van der Waals surface area (Å²) in [5.41, 5.74) is 7.54. The van der Waals surface area contributed by atoms with Crippen LogP contribution in [0.15, 0.2) is 12.1 Å². The van der Waals surface area contributed by atoms with Crippen molar-refractivity contribution in [2.24, 2.45) is 18.7 Å². The monoisotopic (exact) mass is 235 g/mol. The minimum Gasteiger partial charge on any atom is -0.348 e. The molecule has 0 radical (unpaired) electrons. The van der Waals surface area contributed by atoms with E-state index in [2.05, 4.69) is 5.32 Å². The van der Waals surface area contributed by atoms with Gasteiger partial charge in [0.05, 0.1) is 0 Å². The van der Waals surface area contributed by atoms with Gasteiger partial charge in [0.25, 0.3) is 5.91 Å². The second kappa shape index (κ2) is 4.92. The highest BCUT2D eigenvalue weighted by Gasteiger charge is 2.28. The molecule has 94 valence electrons. The molecule has 2 rings (SSSR count). The standard InChI is InChI=1S/C13H21N3O/c1-9-6-7-12(16(9)2)13(17)15-11-5-3-4-10(11)8-14/h6-7,10-11H,3-5,8,14H2,1-2H3,(H,15,17). The first-order valence-electron chi connectivity index (χ1n) is 6.26. The van der Waals surface area contributed by atoms with Gasteiger partial charge in [-0.25, -0.2) is 0 Å². The predicted octanol–water partition coefficient (Wildman–Crippen LogP) is 1.19. The largest absolute Gasteiger partial charge is 0.348 e. The molecule has 1 aromatic rings. The molecule has 4 nitrogen and oxygen atoms in total. The number of hydrogen-bond donors (Lipinski definition) is 2. The molecule has 1 aromatic heterocycles. The molecular formula is C13H21N3O. The number of aryl methyl sites for hydroxylation is 1. The zero-order valence-corrected chi connectivity index (χ0v) is 10.6. The molecule has 3 N–H and O–H groups in total. The van der Waals surface area contributed by atoms with E-state index in [1.165, 1.54) is 6.42 Å². The highest BCUT2D eigenvalue weighted by atomic mass is 16.2. The molecule has 0 bridgehead atoms. The van der Waals surface area contributed by atoms with Gasteiger partial charge in [0.1, 0.15) is 5.69 Å². The fourth-order valence-corrected chi connectivity index (χ4v) is 2.59. The first-order valence-corrected chi connectivity index (χ1v) is 6.26. The van der Waals surface area contributed by atoms with Gasteiger partial charge in [-0.2, -0.15) is 0 Å². The summed E-state index contributed by atoms with van der Waals surface area (Å²) in [5, 5.41) is 3.11. The van der Waals surface area contributed by atoms with Gasteiger partial charge in [-0.1, -0.05) is 6.42 Å². The second-order valence-electron chi connectivity index (χ2n) is 4.93. The van der Waals surface area contributed by atoms with Crippen LogP contribution in [0.2, 0.25) is 0 Å². The third kappa shape index (κ3) is 2.36. The van der Waals surface area contributed by atoms with Crippen molar-refractivity contribution in [2.45, 2.75) is 32.2 Å². The number of carbonyl (C=O) groups is 1. The van der Waals surface area contributed by atoms with Gasteiger partial charge in [0.2, 0.25) is 0 Å². The molecule has 1 heterocycles. The summed E-state index contributed by atoms with van der Waals surface area (Å²) in [6, 6.07) is 4.09. The van der Waals surface area contributed by atoms with E-state index in [0.717, 1.165) is 24.2 Å². The second-order valence-corrected chi connectivity index (χ2v) is 4.93. The maximum absolute atomic E-state index is 12.1. The van der Waals surface area contributed by atoms with Crippen molar-refractivity contribution in [1.29, 1.82) is 0 Å². The molecule has 2 unspecified atom stereocenters. The Balaban J connectivity index is 2.04. The highest BCUT2D eigenvalue weighted by Crippen LogP contribution is 2.24. The van der Waals surface area contributed by atoms with Crippen LogP contribution < -0.4 is 11.1 Å². The fourth-order valence-electron chi connectivity index (χ4n) is 2.59. The summed E-state index contributed by atoms with van der Waals surface area (Å²) in [5.74, 6) is 0.464. The van der Waals surface area contributed by atoms with Crippen LogP contribution in [0.3, 0.4) is 0 Å². The Morgan fingerprint density at radius 1 is 1.53 bits per heavy atom. The fraction of sp³-hybridized carbons (Fsp3) is 0.615. The zero-order valence-electron chi connectivity index (χ0n) is 10.6. The van der Waals surface area contributed by atoms with Crippen molar-refractivity contribution in [3.63, 3.8) is 0 Å². The van der Waals surface area contributed by atoms with Crippen LogP contribution in [0.1, 0.15) is 35.4 Å². The molecule has 1 fully saturated rings. The average molecular weight is 235 g/mol. The number of nitrogens with zero attached hydrogens (tertiary/aromatic N) is 1. The van der Waals surface area contributed by atoms with E-state index in [0.29, 0.717) is 12.5 Å². The maximum Gasteiger partial charge on any atom is 0.268 e. The van der Waals surface area contributed by atoms with Gasteiger partial charge in [0, 0.05) is 18.8 Å². The van der Waals surface area contributed by atoms with Crippen molar-refractivity contribution in [1.82, 2.24) is 9.88 Å². The summed E-state index contributed by atoms with van der Waals surface area (Å²) in [6.45, 7) is 2.66. The summed E-state index contributed by atoms with van der Waals surface area (Å²) in [4.78, 5) is 12.1. The molecule has 2 atom stereocenters. The summed E-state index contributed by atoms with van der Waals surface area (Å²) in [6.07, 6.45) is 3.35. The van der Waals surface area contributed by atoms with E-state index in [1.54, 1.807) is 0 Å². The number of hydrogen-bond acceptors (Lipinski definition) is 2. The summed E-state index contributed by atoms with van der Waals surface area (Å²) >= 11 is 0. The maximum atomic E-state index is 12.1. The Morgan fingerprint density at radius 2 is 2.29 bits per heavy atom. The molecule has 0 aliphatic heterocycles. The van der Waals surface area contributed by atoms with Gasteiger partial charge < -0.3 is 15.6 Å². The number of aromatic nitrogens is 1. The lowest BCUT2D eigenvalue weighted by atomic mass is 10.0. The molecule has 4 heteroatoms. The minimum atomic E-state index is 0.0194. The Bertz CT molecular complexity index is 411. The highest BCUT2D eigenvalue weighted by molar-refractivity contribution is 5.93. The first kappa shape index (κ1) is 12.2. The van der Waals surface area contributed by atoms with Crippen LogP contribution >= 0.6 is 0 Å². The van der Waals surface area contributed by atoms with Gasteiger partial charge in [-0.05, 0) is 44.4 Å². The topological polar surface area (TPSA) is 60.1 Å². The molecule has 17 heavy (non-hydrogen) atoms. The quantitative estimate of drug-likeness (QED) is 0.826. The lowest BCUT2D eigenvalue weighted by Crippen LogP contribution is -2.40. The van der Waals surface area contributed by atoms with Crippen molar-refractivity contribution in [3.8, 4) is 0 Å². The van der Waals surface area contributed by atoms with Crippen LogP contribution in [-0.4, -0.2) is 23.1 Å². The van der Waals surface area contributed by atoms with Gasteiger partial charge in [-0.15, -0.1) is 0 Å². The average Bonchev–Trinajstić information content (AvgIpc) is 2.87. The summed E-state index contributed by atoms with van der Waals surface area (Å²) < 4.78 is 1.92. The Hall–Kier alpha value is -1.29. The van der Waals surface area contributed by atoms with E-state index >= 15 is 0 Å². The first-order chi connectivity index (χ1) is 8.13. The molecule has 1 aliphatic carbocycles. The number of nitrogens with one attached hydrogen (secondary N) is 1. The zero-order chi connectivity index (χ0) is 12.4. The minimum absolute atomic E-state index is 0.0194. The molecule has 1 saturated carbocycles. The Kier molecular flexibility index (Phi) is 3.52. The van der Waals surface area contributed by atoms with E-state index in [9.17, 15) is 4.79 Å². The van der Waals surface area contributed by atoms with Crippen LogP contribution in [-0.2, 0) is 7.05 Å². The smallest absolute Gasteiger partial charge is 0.268 e. The van der Waals surface area contributed by atoms with Crippen molar-refractivity contribution < 1.29 is 4.79 Å². The van der Waals surface area contributed by atoms with Crippen LogP contribution in [0.25, 0.3) is 0 Å². The predicted molar refractivity (Wildman–Crippen MR) is 67.8 cm³/mol. The molecular weight excluding hydrogens is 214 g/mol. The van der Waals surface area contributed by atoms with Crippen LogP contribution in [0.4, 0.5) is 0 Å². The Labute approximate surface area is 102 Å². The van der Waals surface area contributed by atoms with E-state index < -0.39 is 0 Å². The van der Waals surface area contributed by atoms with Crippen molar-refractivity contribution in [3.05, 3.63) is 23.5 Å². The number of rotatable bonds is 3. The molecule has 0 saturated heterocycles. The van der Waals surface area contributed by atoms with Gasteiger partial charge in [0.15, 0.2) is 0 Å².